The predicted molar refractivity (Wildman–Crippen MR) is 54.6 cm³/mol. The summed E-state index contributed by atoms with van der Waals surface area (Å²) >= 11 is 0. The van der Waals surface area contributed by atoms with Gasteiger partial charge in [0.1, 0.15) is 0 Å². The lowest BCUT2D eigenvalue weighted by atomic mass is 10.2. The van der Waals surface area contributed by atoms with Gasteiger partial charge in [-0.15, -0.1) is 0 Å². The summed E-state index contributed by atoms with van der Waals surface area (Å²) in [6.07, 6.45) is 14.9. The minimum Gasteiger partial charge on any atom is -0.289 e. The van der Waals surface area contributed by atoms with Gasteiger partial charge in [0.2, 0.25) is 0 Å². The zero-order valence-electron chi connectivity index (χ0n) is 7.85. The molecule has 0 aromatic rings. The van der Waals surface area contributed by atoms with Gasteiger partial charge in [0.25, 0.3) is 0 Å². The molecule has 0 bridgehead atoms. The third-order valence-corrected chi connectivity index (χ3v) is 2.24. The maximum absolute atomic E-state index is 2.23. The van der Waals surface area contributed by atoms with Crippen LogP contribution in [0.5, 0.6) is 0 Å². The molecule has 0 unspecified atom stereocenters. The van der Waals surface area contributed by atoms with Crippen LogP contribution in [0, 0.1) is 0 Å². The highest BCUT2D eigenvalue weighted by atomic mass is 15.6. The fraction of sp³-hybridized carbons (Fsp3) is 0.273. The summed E-state index contributed by atoms with van der Waals surface area (Å²) in [5.74, 6) is 0. The van der Waals surface area contributed by atoms with Crippen molar-refractivity contribution in [3.05, 3.63) is 48.4 Å². The topological polar surface area (TPSA) is 6.48 Å². The molecule has 2 rings (SSSR count). The molecule has 0 spiro atoms. The highest BCUT2D eigenvalue weighted by molar-refractivity contribution is 5.20. The zero-order valence-corrected chi connectivity index (χ0v) is 7.85. The zero-order chi connectivity index (χ0) is 9.10. The molecular formula is C11H14N2. The van der Waals surface area contributed by atoms with Gasteiger partial charge in [-0.3, -0.25) is 10.0 Å². The van der Waals surface area contributed by atoms with Crippen molar-refractivity contribution in [3.8, 4) is 0 Å². The molecule has 0 saturated heterocycles. The molecular weight excluding hydrogens is 160 g/mol. The van der Waals surface area contributed by atoms with Crippen LogP contribution >= 0.6 is 0 Å². The van der Waals surface area contributed by atoms with Crippen molar-refractivity contribution in [1.82, 2.24) is 10.0 Å². The molecule has 0 aromatic heterocycles. The second-order valence-electron chi connectivity index (χ2n) is 3.28. The molecule has 2 nitrogen and oxygen atoms in total. The Balaban J connectivity index is 2.00. The third kappa shape index (κ3) is 1.83. The quantitative estimate of drug-likeness (QED) is 0.600. The van der Waals surface area contributed by atoms with E-state index in [0.717, 1.165) is 13.1 Å². The Labute approximate surface area is 79.1 Å². The number of hydrazine groups is 1. The van der Waals surface area contributed by atoms with E-state index in [-0.39, 0.29) is 0 Å². The van der Waals surface area contributed by atoms with Crippen molar-refractivity contribution < 1.29 is 0 Å². The first-order valence-corrected chi connectivity index (χ1v) is 4.58. The maximum Gasteiger partial charge on any atom is 0.0575 e. The second kappa shape index (κ2) is 3.52. The van der Waals surface area contributed by atoms with Crippen LogP contribution in [0.2, 0.25) is 0 Å². The van der Waals surface area contributed by atoms with Crippen molar-refractivity contribution in [3.63, 3.8) is 0 Å². The highest BCUT2D eigenvalue weighted by Crippen LogP contribution is 2.11. The first-order chi connectivity index (χ1) is 6.36. The van der Waals surface area contributed by atoms with Crippen LogP contribution in [0.4, 0.5) is 0 Å². The predicted octanol–water partition coefficient (Wildman–Crippen LogP) is 2.06. The lowest BCUT2D eigenvalue weighted by Gasteiger charge is -2.34. The van der Waals surface area contributed by atoms with Crippen molar-refractivity contribution in [2.75, 3.05) is 13.1 Å². The van der Waals surface area contributed by atoms with E-state index in [0.29, 0.717) is 0 Å². The molecule has 2 heteroatoms. The van der Waals surface area contributed by atoms with Crippen LogP contribution in [0.3, 0.4) is 0 Å². The summed E-state index contributed by atoms with van der Waals surface area (Å²) in [5, 5.41) is 4.40. The van der Waals surface area contributed by atoms with Crippen molar-refractivity contribution >= 4 is 0 Å². The van der Waals surface area contributed by atoms with E-state index in [1.165, 1.54) is 5.57 Å². The molecule has 2 heterocycles. The summed E-state index contributed by atoms with van der Waals surface area (Å²) in [4.78, 5) is 0. The lowest BCUT2D eigenvalue weighted by Crippen LogP contribution is -2.36. The standard InChI is InChI=1S/C11H14N2/c1-11-5-9-13(10-6-11)12-7-3-2-4-8-12/h2-7,9H,8,10H2,1H3. The Kier molecular flexibility index (Phi) is 2.21. The number of nitrogens with zero attached hydrogens (tertiary/aromatic N) is 2. The molecule has 0 radical (unpaired) electrons. The van der Waals surface area contributed by atoms with Crippen LogP contribution in [-0.4, -0.2) is 23.1 Å². The van der Waals surface area contributed by atoms with Gasteiger partial charge in [0.15, 0.2) is 0 Å². The Morgan fingerprint density at radius 3 is 2.54 bits per heavy atom. The van der Waals surface area contributed by atoms with Gasteiger partial charge in [0.05, 0.1) is 13.1 Å². The molecule has 0 aromatic carbocycles. The Morgan fingerprint density at radius 2 is 1.92 bits per heavy atom. The number of allylic oxidation sites excluding steroid dienone is 4. The number of rotatable bonds is 1. The van der Waals surface area contributed by atoms with Gasteiger partial charge in [0, 0.05) is 12.4 Å². The normalized spacial score (nSPS) is 20.8. The maximum atomic E-state index is 2.23. The molecule has 0 N–H and O–H groups in total. The highest BCUT2D eigenvalue weighted by Gasteiger charge is 2.08. The molecule has 0 fully saturated rings. The number of hydrogen-bond acceptors (Lipinski definition) is 2. The third-order valence-electron chi connectivity index (χ3n) is 2.24. The van der Waals surface area contributed by atoms with Crippen molar-refractivity contribution in [1.29, 1.82) is 0 Å². The molecule has 2 aliphatic rings. The van der Waals surface area contributed by atoms with Crippen LogP contribution in [0.1, 0.15) is 6.92 Å². The Bertz CT molecular complexity index is 297. The van der Waals surface area contributed by atoms with E-state index >= 15 is 0 Å². The average molecular weight is 174 g/mol. The van der Waals surface area contributed by atoms with Crippen LogP contribution in [0.25, 0.3) is 0 Å². The monoisotopic (exact) mass is 174 g/mol. The van der Waals surface area contributed by atoms with Crippen LogP contribution in [-0.2, 0) is 0 Å². The number of hydrogen-bond donors (Lipinski definition) is 0. The van der Waals surface area contributed by atoms with E-state index in [9.17, 15) is 0 Å². The van der Waals surface area contributed by atoms with Crippen LogP contribution < -0.4 is 0 Å². The van der Waals surface area contributed by atoms with E-state index in [1.54, 1.807) is 0 Å². The Hall–Kier alpha value is -1.44. The van der Waals surface area contributed by atoms with Crippen molar-refractivity contribution in [2.24, 2.45) is 0 Å². The van der Waals surface area contributed by atoms with E-state index in [2.05, 4.69) is 59.7 Å². The molecule has 0 atom stereocenters. The van der Waals surface area contributed by atoms with Gasteiger partial charge in [-0.1, -0.05) is 23.8 Å². The van der Waals surface area contributed by atoms with Crippen LogP contribution in [0.15, 0.2) is 48.4 Å². The van der Waals surface area contributed by atoms with E-state index < -0.39 is 0 Å². The summed E-state index contributed by atoms with van der Waals surface area (Å²) in [6.45, 7) is 4.06. The minimum absolute atomic E-state index is 0.966. The van der Waals surface area contributed by atoms with Gasteiger partial charge in [-0.2, -0.15) is 0 Å². The van der Waals surface area contributed by atoms with Gasteiger partial charge >= 0.3 is 0 Å². The average Bonchev–Trinajstić information content (AvgIpc) is 2.20. The van der Waals surface area contributed by atoms with E-state index in [4.69, 9.17) is 0 Å². The summed E-state index contributed by atoms with van der Waals surface area (Å²) < 4.78 is 0. The SMILES string of the molecule is CC1=CCN(N2C=CC=CC2)C=C1. The molecule has 0 aliphatic carbocycles. The molecule has 68 valence electrons. The Morgan fingerprint density at radius 1 is 1.08 bits per heavy atom. The van der Waals surface area contributed by atoms with Gasteiger partial charge in [-0.05, 0) is 19.1 Å². The molecule has 0 amide bonds. The first kappa shape index (κ1) is 8.17. The fourth-order valence-corrected chi connectivity index (χ4v) is 1.41. The van der Waals surface area contributed by atoms with Crippen molar-refractivity contribution in [2.45, 2.75) is 6.92 Å². The fourth-order valence-electron chi connectivity index (χ4n) is 1.41. The largest absolute Gasteiger partial charge is 0.289 e. The van der Waals surface area contributed by atoms with Gasteiger partial charge < -0.3 is 0 Å². The lowest BCUT2D eigenvalue weighted by molar-refractivity contribution is 0.102. The summed E-state index contributed by atoms with van der Waals surface area (Å²) in [5.41, 5.74) is 1.34. The summed E-state index contributed by atoms with van der Waals surface area (Å²) in [6, 6.07) is 0. The minimum atomic E-state index is 0.966. The molecule has 2 aliphatic heterocycles. The molecule has 13 heavy (non-hydrogen) atoms. The first-order valence-electron chi connectivity index (χ1n) is 4.58. The van der Waals surface area contributed by atoms with E-state index in [1.807, 2.05) is 0 Å². The van der Waals surface area contributed by atoms with Gasteiger partial charge in [-0.25, -0.2) is 0 Å². The smallest absolute Gasteiger partial charge is 0.0575 e. The summed E-state index contributed by atoms with van der Waals surface area (Å²) in [7, 11) is 0. The second-order valence-corrected chi connectivity index (χ2v) is 3.28. The molecule has 0 saturated carbocycles.